The van der Waals surface area contributed by atoms with Crippen LogP contribution in [-0.4, -0.2) is 26.7 Å². The van der Waals surface area contributed by atoms with Crippen LogP contribution < -0.4 is 5.32 Å². The zero-order chi connectivity index (χ0) is 12.4. The van der Waals surface area contributed by atoms with Crippen LogP contribution in [0.3, 0.4) is 0 Å². The van der Waals surface area contributed by atoms with Crippen molar-refractivity contribution in [2.45, 2.75) is 51.6 Å². The first-order chi connectivity index (χ1) is 8.08. The Morgan fingerprint density at radius 3 is 2.94 bits per heavy atom. The Labute approximate surface area is 106 Å². The molecule has 1 aliphatic rings. The van der Waals surface area contributed by atoms with Crippen LogP contribution in [0.4, 0.5) is 0 Å². The van der Waals surface area contributed by atoms with Gasteiger partial charge in [-0.15, -0.1) is 0 Å². The normalized spacial score (nSPS) is 15.2. The lowest BCUT2D eigenvalue weighted by Gasteiger charge is -2.09. The van der Waals surface area contributed by atoms with Gasteiger partial charge in [-0.3, -0.25) is 9.89 Å². The fourth-order valence-electron chi connectivity index (χ4n) is 1.81. The van der Waals surface area contributed by atoms with Gasteiger partial charge in [0.2, 0.25) is 5.91 Å². The first-order valence-electron chi connectivity index (χ1n) is 6.02. The van der Waals surface area contributed by atoms with Crippen LogP contribution in [0.5, 0.6) is 0 Å². The van der Waals surface area contributed by atoms with E-state index in [-0.39, 0.29) is 11.9 Å². The molecule has 17 heavy (non-hydrogen) atoms. The number of amides is 1. The molecule has 1 fully saturated rings. The number of rotatable bonds is 5. The zero-order valence-electron chi connectivity index (χ0n) is 10.2. The molecule has 0 unspecified atom stereocenters. The number of aromatic nitrogens is 3. The van der Waals surface area contributed by atoms with E-state index in [1.807, 2.05) is 18.4 Å². The molecule has 0 aliphatic heterocycles. The highest BCUT2D eigenvalue weighted by Gasteiger charge is 2.28. The van der Waals surface area contributed by atoms with Crippen LogP contribution in [0, 0.1) is 4.77 Å². The molecule has 0 spiro atoms. The van der Waals surface area contributed by atoms with Crippen molar-refractivity contribution >= 4 is 18.1 Å². The minimum absolute atomic E-state index is 0.0600. The minimum atomic E-state index is 0.0600. The number of carbonyl (C=O) groups is 1. The van der Waals surface area contributed by atoms with Crippen molar-refractivity contribution < 1.29 is 4.79 Å². The van der Waals surface area contributed by atoms with Crippen LogP contribution in [0.25, 0.3) is 0 Å². The highest BCUT2D eigenvalue weighted by Crippen LogP contribution is 2.38. The van der Waals surface area contributed by atoms with Crippen LogP contribution >= 0.6 is 12.2 Å². The van der Waals surface area contributed by atoms with Gasteiger partial charge in [0.15, 0.2) is 4.77 Å². The molecule has 0 bridgehead atoms. The average Bonchev–Trinajstić information content (AvgIpc) is 3.00. The molecule has 6 heteroatoms. The van der Waals surface area contributed by atoms with Crippen molar-refractivity contribution in [3.8, 4) is 0 Å². The molecule has 1 saturated carbocycles. The zero-order valence-corrected chi connectivity index (χ0v) is 11.0. The average molecular weight is 254 g/mol. The molecule has 5 nitrogen and oxygen atoms in total. The Morgan fingerprint density at radius 1 is 1.65 bits per heavy atom. The maximum atomic E-state index is 11.6. The van der Waals surface area contributed by atoms with Gasteiger partial charge in [-0.25, -0.2) is 0 Å². The molecular weight excluding hydrogens is 236 g/mol. The summed E-state index contributed by atoms with van der Waals surface area (Å²) in [6.07, 6.45) is 2.81. The highest BCUT2D eigenvalue weighted by atomic mass is 32.1. The SMILES string of the molecule is CC(C)NC(=O)CCn1c(C2CC2)n[nH]c1=S. The summed E-state index contributed by atoms with van der Waals surface area (Å²) in [7, 11) is 0. The third-order valence-electron chi connectivity index (χ3n) is 2.74. The summed E-state index contributed by atoms with van der Waals surface area (Å²) >= 11 is 5.17. The first-order valence-corrected chi connectivity index (χ1v) is 6.43. The monoisotopic (exact) mass is 254 g/mol. The number of nitrogens with one attached hydrogen (secondary N) is 2. The Hall–Kier alpha value is -1.17. The lowest BCUT2D eigenvalue weighted by molar-refractivity contribution is -0.121. The second-order valence-corrected chi connectivity index (χ2v) is 5.17. The largest absolute Gasteiger partial charge is 0.354 e. The Kier molecular flexibility index (Phi) is 3.61. The van der Waals surface area contributed by atoms with E-state index in [1.54, 1.807) is 0 Å². The Morgan fingerprint density at radius 2 is 2.35 bits per heavy atom. The lowest BCUT2D eigenvalue weighted by Crippen LogP contribution is -2.30. The third kappa shape index (κ3) is 3.15. The van der Waals surface area contributed by atoms with Crippen LogP contribution in [0.15, 0.2) is 0 Å². The van der Waals surface area contributed by atoms with E-state index in [9.17, 15) is 4.79 Å². The number of aromatic amines is 1. The molecule has 2 rings (SSSR count). The molecule has 2 N–H and O–H groups in total. The van der Waals surface area contributed by atoms with E-state index in [0.29, 0.717) is 23.7 Å². The van der Waals surface area contributed by atoms with Gasteiger partial charge in [0.25, 0.3) is 0 Å². The minimum Gasteiger partial charge on any atom is -0.354 e. The number of hydrogen-bond donors (Lipinski definition) is 2. The summed E-state index contributed by atoms with van der Waals surface area (Å²) in [6.45, 7) is 4.52. The van der Waals surface area contributed by atoms with Gasteiger partial charge in [-0.1, -0.05) is 0 Å². The maximum absolute atomic E-state index is 11.6. The van der Waals surface area contributed by atoms with Gasteiger partial charge in [0.05, 0.1) is 0 Å². The molecule has 1 aliphatic carbocycles. The molecule has 0 atom stereocenters. The van der Waals surface area contributed by atoms with Gasteiger partial charge in [-0.2, -0.15) is 5.10 Å². The topological polar surface area (TPSA) is 62.7 Å². The molecule has 1 heterocycles. The quantitative estimate of drug-likeness (QED) is 0.787. The van der Waals surface area contributed by atoms with E-state index in [1.165, 1.54) is 12.8 Å². The van der Waals surface area contributed by atoms with E-state index >= 15 is 0 Å². The number of H-pyrrole nitrogens is 1. The van der Waals surface area contributed by atoms with Crippen molar-refractivity contribution in [1.82, 2.24) is 20.1 Å². The number of hydrogen-bond acceptors (Lipinski definition) is 3. The van der Waals surface area contributed by atoms with Crippen molar-refractivity contribution in [3.05, 3.63) is 10.6 Å². The van der Waals surface area contributed by atoms with E-state index in [2.05, 4.69) is 15.5 Å². The predicted molar refractivity (Wildman–Crippen MR) is 67.3 cm³/mol. The van der Waals surface area contributed by atoms with Gasteiger partial charge < -0.3 is 9.88 Å². The summed E-state index contributed by atoms with van der Waals surface area (Å²) in [5.41, 5.74) is 0. The number of carbonyl (C=O) groups excluding carboxylic acids is 1. The maximum Gasteiger partial charge on any atom is 0.221 e. The molecule has 0 aromatic carbocycles. The van der Waals surface area contributed by atoms with Gasteiger partial charge >= 0.3 is 0 Å². The Bertz CT molecular complexity index is 458. The Balaban J connectivity index is 1.96. The van der Waals surface area contributed by atoms with Crippen LogP contribution in [-0.2, 0) is 11.3 Å². The van der Waals surface area contributed by atoms with Crippen molar-refractivity contribution in [2.75, 3.05) is 0 Å². The summed E-state index contributed by atoms with van der Waals surface area (Å²) in [5.74, 6) is 1.60. The summed E-state index contributed by atoms with van der Waals surface area (Å²) in [6, 6.07) is 0.183. The fourth-order valence-corrected chi connectivity index (χ4v) is 2.04. The van der Waals surface area contributed by atoms with Crippen molar-refractivity contribution in [2.24, 2.45) is 0 Å². The van der Waals surface area contributed by atoms with E-state index in [0.717, 1.165) is 5.82 Å². The first kappa shape index (κ1) is 12.3. The third-order valence-corrected chi connectivity index (χ3v) is 3.05. The predicted octanol–water partition coefficient (Wildman–Crippen LogP) is 1.73. The molecule has 1 aromatic rings. The van der Waals surface area contributed by atoms with Gasteiger partial charge in [-0.05, 0) is 38.9 Å². The molecule has 1 aromatic heterocycles. The standard InChI is InChI=1S/C11H18N4OS/c1-7(2)12-9(16)5-6-15-10(8-3-4-8)13-14-11(15)17/h7-8H,3-6H2,1-2H3,(H,12,16)(H,14,17). The smallest absolute Gasteiger partial charge is 0.221 e. The second-order valence-electron chi connectivity index (χ2n) is 4.79. The summed E-state index contributed by atoms with van der Waals surface area (Å²) in [5, 5.41) is 9.91. The van der Waals surface area contributed by atoms with Gasteiger partial charge in [0, 0.05) is 24.9 Å². The van der Waals surface area contributed by atoms with E-state index in [4.69, 9.17) is 12.2 Å². The fraction of sp³-hybridized carbons (Fsp3) is 0.727. The molecule has 1 amide bonds. The lowest BCUT2D eigenvalue weighted by atomic mass is 10.3. The highest BCUT2D eigenvalue weighted by molar-refractivity contribution is 7.71. The van der Waals surface area contributed by atoms with Crippen molar-refractivity contribution in [1.29, 1.82) is 0 Å². The summed E-state index contributed by atoms with van der Waals surface area (Å²) < 4.78 is 2.57. The van der Waals surface area contributed by atoms with E-state index < -0.39 is 0 Å². The van der Waals surface area contributed by atoms with Gasteiger partial charge in [0.1, 0.15) is 5.82 Å². The van der Waals surface area contributed by atoms with Crippen molar-refractivity contribution in [3.63, 3.8) is 0 Å². The van der Waals surface area contributed by atoms with Crippen LogP contribution in [0.1, 0.15) is 44.9 Å². The second kappa shape index (κ2) is 5.00. The molecule has 0 saturated heterocycles. The summed E-state index contributed by atoms with van der Waals surface area (Å²) in [4.78, 5) is 11.6. The molecule has 94 valence electrons. The number of nitrogens with zero attached hydrogens (tertiary/aromatic N) is 2. The van der Waals surface area contributed by atoms with Crippen LogP contribution in [0.2, 0.25) is 0 Å². The molecule has 0 radical (unpaired) electrons. The molecular formula is C11H18N4OS.